The summed E-state index contributed by atoms with van der Waals surface area (Å²) in [5.41, 5.74) is 1.73. The van der Waals surface area contributed by atoms with Crippen molar-refractivity contribution in [3.05, 3.63) is 42.0 Å². The number of halogens is 2. The molecule has 216 valence electrons. The molecule has 1 aromatic carbocycles. The molecule has 1 fully saturated rings. The monoisotopic (exact) mass is 544 g/mol. The summed E-state index contributed by atoms with van der Waals surface area (Å²) >= 11 is 0. The van der Waals surface area contributed by atoms with Gasteiger partial charge < -0.3 is 9.47 Å². The van der Waals surface area contributed by atoms with Gasteiger partial charge in [0.1, 0.15) is 6.10 Å². The van der Waals surface area contributed by atoms with E-state index >= 15 is 0 Å². The van der Waals surface area contributed by atoms with Crippen molar-refractivity contribution < 1.29 is 23.0 Å². The summed E-state index contributed by atoms with van der Waals surface area (Å²) in [6.45, 7) is 4.59. The van der Waals surface area contributed by atoms with E-state index < -0.39 is 18.0 Å². The molecule has 0 spiro atoms. The number of carbonyl (C=O) groups is 1. The summed E-state index contributed by atoms with van der Waals surface area (Å²) < 4.78 is 39.8. The summed E-state index contributed by atoms with van der Waals surface area (Å²) in [6, 6.07) is 4.83. The molecule has 39 heavy (non-hydrogen) atoms. The van der Waals surface area contributed by atoms with Crippen molar-refractivity contribution in [2.24, 2.45) is 5.92 Å². The maximum Gasteiger partial charge on any atom is 0.340 e. The third-order valence-corrected chi connectivity index (χ3v) is 7.58. The number of hydrogen-bond donors (Lipinski definition) is 0. The number of hydrogen-bond acceptors (Lipinski definition) is 5. The molecule has 0 aliphatic heterocycles. The summed E-state index contributed by atoms with van der Waals surface area (Å²) in [5, 5.41) is 0. The molecular formula is C32H46F2N2O3. The molecule has 0 saturated heterocycles. The highest BCUT2D eigenvalue weighted by molar-refractivity contribution is 5.74. The number of carbonyl (C=O) groups excluding carboxylic acids is 1. The summed E-state index contributed by atoms with van der Waals surface area (Å²) in [4.78, 5) is 20.8. The molecule has 0 unspecified atom stereocenters. The van der Waals surface area contributed by atoms with E-state index in [1.807, 2.05) is 19.3 Å². The zero-order chi connectivity index (χ0) is 27.9. The second-order valence-electron chi connectivity index (χ2n) is 10.9. The van der Waals surface area contributed by atoms with E-state index in [1.165, 1.54) is 44.6 Å². The number of aryl methyl sites for hydroxylation is 1. The van der Waals surface area contributed by atoms with E-state index in [2.05, 4.69) is 16.9 Å². The van der Waals surface area contributed by atoms with Crippen LogP contribution in [0.1, 0.15) is 109 Å². The zero-order valence-electron chi connectivity index (χ0n) is 23.8. The minimum Gasteiger partial charge on any atom is -0.490 e. The largest absolute Gasteiger partial charge is 0.490 e. The van der Waals surface area contributed by atoms with Crippen LogP contribution in [0.2, 0.25) is 0 Å². The van der Waals surface area contributed by atoms with Crippen molar-refractivity contribution in [3.63, 3.8) is 0 Å². The molecule has 1 saturated carbocycles. The van der Waals surface area contributed by atoms with Crippen LogP contribution in [0.5, 0.6) is 5.75 Å². The Morgan fingerprint density at radius 3 is 2.28 bits per heavy atom. The van der Waals surface area contributed by atoms with Crippen molar-refractivity contribution in [3.8, 4) is 17.1 Å². The highest BCUT2D eigenvalue weighted by atomic mass is 19.1. The van der Waals surface area contributed by atoms with Gasteiger partial charge in [0.25, 0.3) is 0 Å². The maximum absolute atomic E-state index is 14.8. The number of nitrogens with zero attached hydrogens (tertiary/aromatic N) is 2. The standard InChI is InChI=1S/C32H46F2N2O3/c1-3-5-7-8-9-10-11-12-25-21-35-31(36-22-25)26-16-19-30(29(34)20-26)38-23-24-14-17-27(18-15-24)39-32(37)28(33)13-6-4-2/h16,19-22,24,27-28H,3-15,17-18,23H2,1-2H3/t24?,27?,28-/m0/s1. The lowest BCUT2D eigenvalue weighted by Gasteiger charge is -2.28. The van der Waals surface area contributed by atoms with Gasteiger partial charge in [0.2, 0.25) is 0 Å². The van der Waals surface area contributed by atoms with Gasteiger partial charge in [-0.1, -0.05) is 65.2 Å². The van der Waals surface area contributed by atoms with Crippen molar-refractivity contribution >= 4 is 5.97 Å². The quantitative estimate of drug-likeness (QED) is 0.147. The van der Waals surface area contributed by atoms with Crippen molar-refractivity contribution in [2.45, 2.75) is 122 Å². The molecule has 1 aliphatic carbocycles. The lowest BCUT2D eigenvalue weighted by molar-refractivity contribution is -0.157. The molecule has 0 bridgehead atoms. The predicted molar refractivity (Wildman–Crippen MR) is 151 cm³/mol. The summed E-state index contributed by atoms with van der Waals surface area (Å²) in [6.07, 6.45) is 16.5. The number of ether oxygens (including phenoxy) is 2. The first-order chi connectivity index (χ1) is 19.0. The maximum atomic E-state index is 14.8. The molecule has 1 aromatic heterocycles. The van der Waals surface area contributed by atoms with E-state index in [4.69, 9.17) is 9.47 Å². The average Bonchev–Trinajstić information content (AvgIpc) is 2.95. The highest BCUT2D eigenvalue weighted by Gasteiger charge is 2.27. The van der Waals surface area contributed by atoms with E-state index in [0.29, 0.717) is 37.3 Å². The van der Waals surface area contributed by atoms with Gasteiger partial charge in [0.05, 0.1) is 6.61 Å². The van der Waals surface area contributed by atoms with Crippen LogP contribution in [0.25, 0.3) is 11.4 Å². The Morgan fingerprint density at radius 1 is 0.949 bits per heavy atom. The van der Waals surface area contributed by atoms with E-state index in [1.54, 1.807) is 12.1 Å². The first-order valence-corrected chi connectivity index (χ1v) is 15.1. The van der Waals surface area contributed by atoms with E-state index in [-0.39, 0.29) is 24.2 Å². The Labute approximate surface area is 233 Å². The van der Waals surface area contributed by atoms with Crippen LogP contribution in [-0.4, -0.2) is 34.8 Å². The van der Waals surface area contributed by atoms with Gasteiger partial charge in [-0.05, 0) is 74.6 Å². The Bertz CT molecular complexity index is 978. The number of unbranched alkanes of at least 4 members (excludes halogenated alkanes) is 7. The second-order valence-corrected chi connectivity index (χ2v) is 10.9. The molecule has 7 heteroatoms. The molecule has 2 aromatic rings. The van der Waals surface area contributed by atoms with E-state index in [0.717, 1.165) is 37.7 Å². The Balaban J connectivity index is 1.38. The van der Waals surface area contributed by atoms with Gasteiger partial charge in [-0.25, -0.2) is 23.5 Å². The molecule has 1 aliphatic rings. The third kappa shape index (κ3) is 10.8. The second kappa shape index (κ2) is 17.2. The first-order valence-electron chi connectivity index (χ1n) is 15.1. The van der Waals surface area contributed by atoms with Crippen molar-refractivity contribution in [1.82, 2.24) is 9.97 Å². The van der Waals surface area contributed by atoms with Crippen LogP contribution in [0.15, 0.2) is 30.6 Å². The Hall–Kier alpha value is -2.57. The van der Waals surface area contributed by atoms with Crippen LogP contribution in [0, 0.1) is 11.7 Å². The fourth-order valence-corrected chi connectivity index (χ4v) is 5.04. The lowest BCUT2D eigenvalue weighted by Crippen LogP contribution is -2.30. The molecule has 0 N–H and O–H groups in total. The Kier molecular flexibility index (Phi) is 13.6. The fourth-order valence-electron chi connectivity index (χ4n) is 5.04. The SMILES string of the molecule is CCCCCCCCCc1cnc(-c2ccc(OCC3CCC(OC(=O)[C@@H](F)CCCC)CC3)c(F)c2)nc1. The van der Waals surface area contributed by atoms with Crippen molar-refractivity contribution in [2.75, 3.05) is 6.61 Å². The zero-order valence-corrected chi connectivity index (χ0v) is 23.8. The van der Waals surface area contributed by atoms with Gasteiger partial charge >= 0.3 is 5.97 Å². The molecular weight excluding hydrogens is 498 g/mol. The van der Waals surface area contributed by atoms with E-state index in [9.17, 15) is 13.6 Å². The van der Waals surface area contributed by atoms with Gasteiger partial charge in [0, 0.05) is 18.0 Å². The normalized spacial score (nSPS) is 18.1. The van der Waals surface area contributed by atoms with Gasteiger partial charge in [-0.2, -0.15) is 0 Å². The van der Waals surface area contributed by atoms with Crippen LogP contribution < -0.4 is 4.74 Å². The summed E-state index contributed by atoms with van der Waals surface area (Å²) in [7, 11) is 0. The fraction of sp³-hybridized carbons (Fsp3) is 0.656. The van der Waals surface area contributed by atoms with Crippen LogP contribution in [-0.2, 0) is 16.0 Å². The Morgan fingerprint density at radius 2 is 1.62 bits per heavy atom. The lowest BCUT2D eigenvalue weighted by atomic mass is 9.88. The number of benzene rings is 1. The molecule has 1 atom stereocenters. The van der Waals surface area contributed by atoms with Gasteiger partial charge in [0.15, 0.2) is 23.6 Å². The van der Waals surface area contributed by atoms with Crippen LogP contribution >= 0.6 is 0 Å². The van der Waals surface area contributed by atoms with Crippen molar-refractivity contribution in [1.29, 1.82) is 0 Å². The number of alkyl halides is 1. The molecule has 5 nitrogen and oxygen atoms in total. The molecule has 3 rings (SSSR count). The van der Waals surface area contributed by atoms with Gasteiger partial charge in [-0.3, -0.25) is 0 Å². The van der Waals surface area contributed by atoms with Crippen LogP contribution in [0.4, 0.5) is 8.78 Å². The topological polar surface area (TPSA) is 61.3 Å². The highest BCUT2D eigenvalue weighted by Crippen LogP contribution is 2.29. The minimum atomic E-state index is -1.53. The number of aromatic nitrogens is 2. The van der Waals surface area contributed by atoms with Gasteiger partial charge in [-0.15, -0.1) is 0 Å². The first kappa shape index (κ1) is 31.0. The summed E-state index contributed by atoms with van der Waals surface area (Å²) in [5.74, 6) is -0.225. The number of esters is 1. The minimum absolute atomic E-state index is 0.207. The predicted octanol–water partition coefficient (Wildman–Crippen LogP) is 8.58. The third-order valence-electron chi connectivity index (χ3n) is 7.58. The van der Waals surface area contributed by atoms with Crippen LogP contribution in [0.3, 0.4) is 0 Å². The molecule has 0 radical (unpaired) electrons. The average molecular weight is 545 g/mol. The molecule has 0 amide bonds. The molecule has 1 heterocycles. The number of rotatable bonds is 17. The smallest absolute Gasteiger partial charge is 0.340 e.